The maximum Gasteiger partial charge on any atom is 0.338 e. The van der Waals surface area contributed by atoms with Crippen molar-refractivity contribution in [3.8, 4) is 0 Å². The van der Waals surface area contributed by atoms with Gasteiger partial charge in [-0.1, -0.05) is 78.5 Å². The van der Waals surface area contributed by atoms with Gasteiger partial charge in [0.15, 0.2) is 12.4 Å². The van der Waals surface area contributed by atoms with E-state index in [1.165, 1.54) is 11.8 Å². The largest absolute Gasteiger partial charge is 0.452 e. The van der Waals surface area contributed by atoms with Crippen LogP contribution in [0.25, 0.3) is 0 Å². The van der Waals surface area contributed by atoms with Crippen molar-refractivity contribution in [3.05, 3.63) is 102 Å². The molecule has 0 aromatic heterocycles. The number of esters is 1. The number of aliphatic hydroxyl groups is 1. The molecule has 2 fully saturated rings. The molecule has 2 aliphatic rings. The predicted octanol–water partition coefficient (Wildman–Crippen LogP) is 4.20. The van der Waals surface area contributed by atoms with Gasteiger partial charge < -0.3 is 24.1 Å². The SMILES string of the molecule is O=C(O[C@H]1[C@@H](O)[C@@H]2O[C@H](c3ccccc3)OC[C@H]2O[C@@H]1Sc1ccccc1)c1ccccc1. The molecule has 0 radical (unpaired) electrons. The molecule has 6 atom stereocenters. The summed E-state index contributed by atoms with van der Waals surface area (Å²) in [6.07, 6.45) is -3.85. The van der Waals surface area contributed by atoms with Crippen LogP contribution in [0, 0.1) is 0 Å². The number of aliphatic hydroxyl groups excluding tert-OH is 1. The van der Waals surface area contributed by atoms with Crippen molar-refractivity contribution in [1.29, 1.82) is 0 Å². The Morgan fingerprint density at radius 1 is 0.879 bits per heavy atom. The highest BCUT2D eigenvalue weighted by molar-refractivity contribution is 7.99. The number of fused-ring (bicyclic) bond motifs is 1. The molecule has 7 heteroatoms. The Bertz CT molecular complexity index is 1050. The third kappa shape index (κ3) is 4.98. The van der Waals surface area contributed by atoms with E-state index in [9.17, 15) is 9.90 Å². The van der Waals surface area contributed by atoms with E-state index in [1.54, 1.807) is 24.3 Å². The van der Waals surface area contributed by atoms with Gasteiger partial charge in [-0.15, -0.1) is 0 Å². The first-order valence-electron chi connectivity index (χ1n) is 10.8. The summed E-state index contributed by atoms with van der Waals surface area (Å²) in [6, 6.07) is 27.9. The number of rotatable bonds is 5. The fraction of sp³-hybridized carbons (Fsp3) is 0.269. The van der Waals surface area contributed by atoms with Gasteiger partial charge in [0.2, 0.25) is 0 Å². The first-order chi connectivity index (χ1) is 16.2. The molecular formula is C26H24O6S. The van der Waals surface area contributed by atoms with Crippen LogP contribution in [0.1, 0.15) is 22.2 Å². The van der Waals surface area contributed by atoms with Crippen LogP contribution in [0.15, 0.2) is 95.9 Å². The third-order valence-corrected chi connectivity index (χ3v) is 6.79. The summed E-state index contributed by atoms with van der Waals surface area (Å²) in [5, 5.41) is 11.3. The summed E-state index contributed by atoms with van der Waals surface area (Å²) < 4.78 is 24.1. The maximum atomic E-state index is 12.8. The maximum absolute atomic E-state index is 12.8. The van der Waals surface area contributed by atoms with Gasteiger partial charge in [0.1, 0.15) is 23.7 Å². The highest BCUT2D eigenvalue weighted by atomic mass is 32.2. The Hall–Kier alpha value is -2.68. The van der Waals surface area contributed by atoms with E-state index in [2.05, 4.69) is 0 Å². The zero-order valence-corrected chi connectivity index (χ0v) is 18.5. The highest BCUT2D eigenvalue weighted by Gasteiger charge is 2.51. The quantitative estimate of drug-likeness (QED) is 0.567. The fourth-order valence-corrected chi connectivity index (χ4v) is 5.10. The van der Waals surface area contributed by atoms with Crippen LogP contribution < -0.4 is 0 Å². The van der Waals surface area contributed by atoms with E-state index in [4.69, 9.17) is 18.9 Å². The molecule has 0 unspecified atom stereocenters. The first kappa shape index (κ1) is 22.1. The van der Waals surface area contributed by atoms with E-state index >= 15 is 0 Å². The van der Waals surface area contributed by atoms with Gasteiger partial charge in [-0.2, -0.15) is 0 Å². The molecule has 2 aliphatic heterocycles. The van der Waals surface area contributed by atoms with E-state index in [0.29, 0.717) is 5.56 Å². The number of carbonyl (C=O) groups is 1. The molecule has 0 saturated carbocycles. The molecule has 170 valence electrons. The van der Waals surface area contributed by atoms with Gasteiger partial charge in [0.05, 0.1) is 12.2 Å². The van der Waals surface area contributed by atoms with Gasteiger partial charge in [-0.3, -0.25) is 0 Å². The number of benzene rings is 3. The standard InChI is InChI=1S/C26H24O6S/c27-21-22-20(16-29-25(32-22)18-12-6-2-7-13-18)30-26(33-19-14-8-3-9-15-19)23(21)31-24(28)17-10-4-1-5-11-17/h1-15,20-23,25-27H,16H2/t20-,21+,22-,23+,25-,26-/m1/s1. The zero-order valence-electron chi connectivity index (χ0n) is 17.7. The minimum absolute atomic E-state index is 0.256. The number of thioether (sulfide) groups is 1. The molecule has 1 N–H and O–H groups in total. The minimum Gasteiger partial charge on any atom is -0.452 e. The highest BCUT2D eigenvalue weighted by Crippen LogP contribution is 2.40. The van der Waals surface area contributed by atoms with Crippen molar-refractivity contribution >= 4 is 17.7 Å². The molecule has 0 spiro atoms. The smallest absolute Gasteiger partial charge is 0.338 e. The van der Waals surface area contributed by atoms with Gasteiger partial charge in [0.25, 0.3) is 0 Å². The summed E-state index contributed by atoms with van der Waals surface area (Å²) in [5.74, 6) is -0.521. The van der Waals surface area contributed by atoms with E-state index < -0.39 is 42.1 Å². The molecule has 2 saturated heterocycles. The predicted molar refractivity (Wildman–Crippen MR) is 123 cm³/mol. The van der Waals surface area contributed by atoms with E-state index in [0.717, 1.165) is 10.5 Å². The van der Waals surface area contributed by atoms with Crippen molar-refractivity contribution in [2.45, 2.75) is 41.0 Å². The fourth-order valence-electron chi connectivity index (χ4n) is 3.97. The van der Waals surface area contributed by atoms with Crippen molar-refractivity contribution in [2.24, 2.45) is 0 Å². The molecule has 2 heterocycles. The van der Waals surface area contributed by atoms with Crippen LogP contribution in [-0.4, -0.2) is 47.5 Å². The molecule has 5 rings (SSSR count). The topological polar surface area (TPSA) is 74.2 Å². The number of ether oxygens (including phenoxy) is 4. The minimum atomic E-state index is -1.09. The van der Waals surface area contributed by atoms with Gasteiger partial charge in [-0.25, -0.2) is 4.79 Å². The first-order valence-corrected chi connectivity index (χ1v) is 11.7. The molecule has 0 aliphatic carbocycles. The summed E-state index contributed by atoms with van der Waals surface area (Å²) >= 11 is 1.40. The second-order valence-electron chi connectivity index (χ2n) is 7.88. The van der Waals surface area contributed by atoms with Crippen LogP contribution in [0.3, 0.4) is 0 Å². The van der Waals surface area contributed by atoms with Crippen LogP contribution in [-0.2, 0) is 18.9 Å². The Kier molecular flexibility index (Phi) is 6.75. The van der Waals surface area contributed by atoms with Crippen molar-refractivity contribution in [2.75, 3.05) is 6.61 Å². The lowest BCUT2D eigenvalue weighted by Crippen LogP contribution is -2.61. The van der Waals surface area contributed by atoms with Crippen molar-refractivity contribution in [1.82, 2.24) is 0 Å². The average Bonchev–Trinajstić information content (AvgIpc) is 2.88. The molecule has 0 bridgehead atoms. The number of hydrogen-bond acceptors (Lipinski definition) is 7. The van der Waals surface area contributed by atoms with Gasteiger partial charge in [-0.05, 0) is 24.3 Å². The van der Waals surface area contributed by atoms with E-state index in [1.807, 2.05) is 66.7 Å². The summed E-state index contributed by atoms with van der Waals surface area (Å²) in [6.45, 7) is 0.256. The molecule has 33 heavy (non-hydrogen) atoms. The summed E-state index contributed by atoms with van der Waals surface area (Å²) in [5.41, 5.74) is 0.629. The average molecular weight is 465 g/mol. The Morgan fingerprint density at radius 3 is 2.21 bits per heavy atom. The molecular weight excluding hydrogens is 440 g/mol. The summed E-state index contributed by atoms with van der Waals surface area (Å²) in [4.78, 5) is 13.8. The van der Waals surface area contributed by atoms with Gasteiger partial charge >= 0.3 is 5.97 Å². The normalized spacial score (nSPS) is 29.1. The number of carbonyl (C=O) groups excluding carboxylic acids is 1. The van der Waals surface area contributed by atoms with Gasteiger partial charge in [0, 0.05) is 10.5 Å². The molecule has 3 aromatic carbocycles. The van der Waals surface area contributed by atoms with Crippen LogP contribution in [0.2, 0.25) is 0 Å². The van der Waals surface area contributed by atoms with Crippen molar-refractivity contribution < 1.29 is 28.8 Å². The molecule has 3 aromatic rings. The zero-order chi connectivity index (χ0) is 22.6. The second kappa shape index (κ2) is 10.1. The lowest BCUT2D eigenvalue weighted by atomic mass is 9.98. The van der Waals surface area contributed by atoms with Crippen molar-refractivity contribution in [3.63, 3.8) is 0 Å². The second-order valence-corrected chi connectivity index (χ2v) is 9.05. The Labute approximate surface area is 196 Å². The molecule has 0 amide bonds. The van der Waals surface area contributed by atoms with Crippen LogP contribution in [0.5, 0.6) is 0 Å². The van der Waals surface area contributed by atoms with Crippen LogP contribution >= 0.6 is 11.8 Å². The monoisotopic (exact) mass is 464 g/mol. The Morgan fingerprint density at radius 2 is 1.52 bits per heavy atom. The molecule has 6 nitrogen and oxygen atoms in total. The third-order valence-electron chi connectivity index (χ3n) is 5.63. The lowest BCUT2D eigenvalue weighted by molar-refractivity contribution is -0.317. The summed E-state index contributed by atoms with van der Waals surface area (Å²) in [7, 11) is 0. The van der Waals surface area contributed by atoms with E-state index in [-0.39, 0.29) is 6.61 Å². The van der Waals surface area contributed by atoms with Crippen LogP contribution in [0.4, 0.5) is 0 Å². The Balaban J connectivity index is 1.38. The number of hydrogen-bond donors (Lipinski definition) is 1. The lowest BCUT2D eigenvalue weighted by Gasteiger charge is -2.47.